The number of allylic oxidation sites excluding steroid dienone is 1. The van der Waals surface area contributed by atoms with Crippen molar-refractivity contribution < 1.29 is 38.5 Å². The molecule has 6 aliphatic rings. The number of carbonyl (C=O) groups is 4. The summed E-state index contributed by atoms with van der Waals surface area (Å²) in [6.07, 6.45) is 9.32. The number of hydrogen-bond donors (Lipinski definition) is 1. The Balaban J connectivity index is 1.20. The van der Waals surface area contributed by atoms with Gasteiger partial charge in [-0.15, -0.1) is 0 Å². The maximum absolute atomic E-state index is 14.3. The maximum atomic E-state index is 14.3. The fourth-order valence-corrected chi connectivity index (χ4v) is 14.6. The van der Waals surface area contributed by atoms with Crippen LogP contribution in [0.1, 0.15) is 147 Å². The van der Waals surface area contributed by atoms with Crippen LogP contribution < -0.4 is 0 Å². The van der Waals surface area contributed by atoms with Crippen LogP contribution in [-0.4, -0.2) is 89.9 Å². The first kappa shape index (κ1) is 44.9. The van der Waals surface area contributed by atoms with Gasteiger partial charge in [0.05, 0.1) is 31.1 Å². The molecule has 5 aliphatic carbocycles. The Morgan fingerprint density at radius 2 is 1.60 bits per heavy atom. The van der Waals surface area contributed by atoms with Gasteiger partial charge in [0.1, 0.15) is 11.7 Å². The van der Waals surface area contributed by atoms with E-state index in [-0.39, 0.29) is 52.3 Å². The van der Waals surface area contributed by atoms with E-state index in [2.05, 4.69) is 48.1 Å². The summed E-state index contributed by atoms with van der Waals surface area (Å²) in [7, 11) is 1.90. The van der Waals surface area contributed by atoms with Crippen LogP contribution in [0.2, 0.25) is 0 Å². The van der Waals surface area contributed by atoms with Gasteiger partial charge in [-0.3, -0.25) is 14.4 Å². The van der Waals surface area contributed by atoms with Crippen molar-refractivity contribution in [3.63, 3.8) is 0 Å². The van der Waals surface area contributed by atoms with Crippen molar-refractivity contribution in [1.29, 1.82) is 0 Å². The number of ether oxygens (including phenoxy) is 3. The number of fused-ring (bicyclic) bond motifs is 7. The lowest BCUT2D eigenvalue weighted by Crippen LogP contribution is -2.66. The number of carbonyl (C=O) groups excluding carboxylic acids is 3. The highest BCUT2D eigenvalue weighted by Gasteiger charge is 2.70. The molecule has 0 aromatic carbocycles. The first-order valence-electron chi connectivity index (χ1n) is 22.7. The van der Waals surface area contributed by atoms with Gasteiger partial charge in [-0.2, -0.15) is 0 Å². The number of likely N-dealkylation sites (N-methyl/N-ethyl adjacent to an activating group) is 1. The molecule has 10 nitrogen and oxygen atoms in total. The van der Waals surface area contributed by atoms with Crippen molar-refractivity contribution in [3.8, 4) is 0 Å². The highest BCUT2D eigenvalue weighted by atomic mass is 16.6. The summed E-state index contributed by atoms with van der Waals surface area (Å²) in [5.74, 6) is 2.06. The zero-order chi connectivity index (χ0) is 43.0. The Labute approximate surface area is 349 Å². The van der Waals surface area contributed by atoms with E-state index in [1.165, 1.54) is 18.4 Å². The summed E-state index contributed by atoms with van der Waals surface area (Å²) in [5.41, 5.74) is -0.457. The minimum atomic E-state index is -1.17. The maximum Gasteiger partial charge on any atom is 0.410 e. The quantitative estimate of drug-likeness (QED) is 0.181. The molecule has 0 spiro atoms. The monoisotopic (exact) mass is 811 g/mol. The van der Waals surface area contributed by atoms with E-state index < -0.39 is 23.0 Å². The van der Waals surface area contributed by atoms with Gasteiger partial charge >= 0.3 is 18.0 Å². The van der Waals surface area contributed by atoms with E-state index in [1.807, 2.05) is 32.7 Å². The molecular formula is C48H78N2O8. The van der Waals surface area contributed by atoms with Crippen molar-refractivity contribution in [2.45, 2.75) is 165 Å². The Bertz CT molecular complexity index is 1620. The Morgan fingerprint density at radius 1 is 0.914 bits per heavy atom. The highest BCUT2D eigenvalue weighted by Crippen LogP contribution is 2.77. The molecule has 1 N–H and O–H groups in total. The van der Waals surface area contributed by atoms with Crippen LogP contribution in [0, 0.1) is 68.5 Å². The molecule has 1 aliphatic heterocycles. The number of hydrogen-bond acceptors (Lipinski definition) is 7. The first-order valence-corrected chi connectivity index (χ1v) is 22.7. The van der Waals surface area contributed by atoms with E-state index in [0.717, 1.165) is 44.9 Å². The van der Waals surface area contributed by atoms with Gasteiger partial charge in [-0.25, -0.2) is 4.79 Å². The fraction of sp³-hybridized carbons (Fsp3) is 0.875. The van der Waals surface area contributed by atoms with Gasteiger partial charge in [-0.05, 0) is 157 Å². The van der Waals surface area contributed by atoms with Crippen LogP contribution >= 0.6 is 0 Å². The minimum absolute atomic E-state index is 0.0584. The molecule has 58 heavy (non-hydrogen) atoms. The number of aliphatic carboxylic acids is 1. The first-order chi connectivity index (χ1) is 26.7. The van der Waals surface area contributed by atoms with Gasteiger partial charge < -0.3 is 29.1 Å². The van der Waals surface area contributed by atoms with E-state index in [0.29, 0.717) is 74.1 Å². The Kier molecular flexibility index (Phi) is 12.2. The molecule has 2 amide bonds. The molecule has 5 saturated carbocycles. The molecule has 0 aromatic rings. The lowest BCUT2D eigenvalue weighted by atomic mass is 9.32. The topological polar surface area (TPSA) is 123 Å². The number of rotatable bonds is 9. The molecular weight excluding hydrogens is 733 g/mol. The predicted octanol–water partition coefficient (Wildman–Crippen LogP) is 9.40. The van der Waals surface area contributed by atoms with Gasteiger partial charge in [0.15, 0.2) is 0 Å². The normalized spacial score (nSPS) is 39.6. The summed E-state index contributed by atoms with van der Waals surface area (Å²) < 4.78 is 17.9. The van der Waals surface area contributed by atoms with Crippen molar-refractivity contribution in [1.82, 2.24) is 9.80 Å². The number of carboxylic acid groups (broad SMARTS) is 1. The lowest BCUT2D eigenvalue weighted by molar-refractivity contribution is -0.249. The van der Waals surface area contributed by atoms with Crippen molar-refractivity contribution in [2.24, 2.45) is 68.5 Å². The number of nitrogens with zero attached hydrogens (tertiary/aromatic N) is 2. The average molecular weight is 811 g/mol. The summed E-state index contributed by atoms with van der Waals surface area (Å²) >= 11 is 0. The third-order valence-electron chi connectivity index (χ3n) is 17.6. The largest absolute Gasteiger partial charge is 0.481 e. The van der Waals surface area contributed by atoms with Crippen LogP contribution in [0.15, 0.2) is 12.2 Å². The predicted molar refractivity (Wildman–Crippen MR) is 225 cm³/mol. The van der Waals surface area contributed by atoms with Crippen molar-refractivity contribution >= 4 is 23.9 Å². The molecule has 0 radical (unpaired) electrons. The van der Waals surface area contributed by atoms with Crippen LogP contribution in [0.3, 0.4) is 0 Å². The second kappa shape index (κ2) is 15.7. The fourth-order valence-electron chi connectivity index (χ4n) is 14.6. The second-order valence-corrected chi connectivity index (χ2v) is 23.0. The zero-order valence-corrected chi connectivity index (χ0v) is 38.2. The third-order valence-corrected chi connectivity index (χ3v) is 17.6. The molecule has 2 unspecified atom stereocenters. The van der Waals surface area contributed by atoms with E-state index >= 15 is 0 Å². The van der Waals surface area contributed by atoms with Gasteiger partial charge in [0.25, 0.3) is 0 Å². The molecule has 328 valence electrons. The molecule has 0 bridgehead atoms. The SMILES string of the molecule is C=C(C)[C@@H]1CCC2[C@@H](CC(=O)N(C)CC3CN(C(=O)OC(C)(C)C)CCO3)C[C@]3(C)[C@H](CC[C@@H]4[C@@]5(C)CC[C@H](OC(=O)CC(C)(C)C(=O)O)C(C)(C)[C@@H]5CC[C@]43C)[C@H]21. The van der Waals surface area contributed by atoms with Crippen molar-refractivity contribution in [2.75, 3.05) is 33.3 Å². The lowest BCUT2D eigenvalue weighted by Gasteiger charge is -2.73. The summed E-state index contributed by atoms with van der Waals surface area (Å²) in [6.45, 7) is 29.7. The van der Waals surface area contributed by atoms with E-state index in [9.17, 15) is 24.3 Å². The third kappa shape index (κ3) is 7.99. The average Bonchev–Trinajstić information content (AvgIpc) is 3.55. The number of morpholine rings is 1. The number of esters is 1. The van der Waals surface area contributed by atoms with Gasteiger partial charge in [-0.1, -0.05) is 46.8 Å². The van der Waals surface area contributed by atoms with E-state index in [4.69, 9.17) is 14.2 Å². The highest BCUT2D eigenvalue weighted by molar-refractivity contribution is 5.81. The molecule has 6 rings (SSSR count). The molecule has 1 saturated heterocycles. The Hall–Kier alpha value is -2.62. The van der Waals surface area contributed by atoms with E-state index in [1.54, 1.807) is 18.7 Å². The number of amides is 2. The van der Waals surface area contributed by atoms with Crippen LogP contribution in [-0.2, 0) is 28.6 Å². The molecule has 0 aromatic heterocycles. The van der Waals surface area contributed by atoms with Crippen molar-refractivity contribution in [3.05, 3.63) is 12.2 Å². The van der Waals surface area contributed by atoms with Gasteiger partial charge in [0.2, 0.25) is 5.91 Å². The molecule has 10 heteroatoms. The minimum Gasteiger partial charge on any atom is -0.481 e. The zero-order valence-electron chi connectivity index (χ0n) is 38.2. The molecule has 12 atom stereocenters. The molecule has 6 fully saturated rings. The Morgan fingerprint density at radius 3 is 2.24 bits per heavy atom. The number of carboxylic acids is 1. The van der Waals surface area contributed by atoms with Gasteiger partial charge in [0, 0.05) is 32.0 Å². The smallest absolute Gasteiger partial charge is 0.410 e. The summed E-state index contributed by atoms with van der Waals surface area (Å²) in [5, 5.41) is 9.66. The summed E-state index contributed by atoms with van der Waals surface area (Å²) in [4.78, 5) is 55.7. The van der Waals surface area contributed by atoms with Crippen LogP contribution in [0.5, 0.6) is 0 Å². The summed E-state index contributed by atoms with van der Waals surface area (Å²) in [6, 6.07) is 0. The standard InChI is InChI=1S/C48H78N2O8/c1-29(2)32-14-15-33-30(24-38(51)49(13)27-31-28-50(22-23-56-31)42(55)58-43(3,4)5)25-48(12)34(40(32)33)16-17-36-46(10)20-19-37(57-39(52)26-44(6,7)41(53)54)45(8,9)35(46)18-21-47(36,48)11/h30-37,40H,1,14-28H2,2-13H3,(H,53,54)/t30-,31?,32-,33?,34+,35-,36+,37-,40-,46-,47+,48+/m0/s1. The second-order valence-electron chi connectivity index (χ2n) is 23.0. The van der Waals surface area contributed by atoms with Crippen LogP contribution in [0.25, 0.3) is 0 Å². The van der Waals surface area contributed by atoms with Crippen LogP contribution in [0.4, 0.5) is 4.79 Å². The molecule has 1 heterocycles.